The van der Waals surface area contributed by atoms with Crippen molar-refractivity contribution in [3.63, 3.8) is 0 Å². The van der Waals surface area contributed by atoms with Gasteiger partial charge in [0.25, 0.3) is 5.56 Å². The molecule has 0 saturated carbocycles. The van der Waals surface area contributed by atoms with E-state index < -0.39 is 0 Å². The van der Waals surface area contributed by atoms with Gasteiger partial charge in [-0.2, -0.15) is 10.2 Å². The molecule has 4 rings (SSSR count). The first-order valence-electron chi connectivity index (χ1n) is 9.69. The molecule has 0 amide bonds. The van der Waals surface area contributed by atoms with E-state index in [1.165, 1.54) is 0 Å². The second-order valence-electron chi connectivity index (χ2n) is 7.35. The first-order chi connectivity index (χ1) is 14.5. The lowest BCUT2D eigenvalue weighted by Crippen LogP contribution is -2.45. The van der Waals surface area contributed by atoms with Crippen molar-refractivity contribution in [2.24, 2.45) is 13.0 Å². The number of ether oxygens (including phenoxy) is 2. The minimum Gasteiger partial charge on any atom is -0.481 e. The van der Waals surface area contributed by atoms with Gasteiger partial charge < -0.3 is 18.9 Å². The van der Waals surface area contributed by atoms with Crippen molar-refractivity contribution in [3.05, 3.63) is 46.5 Å². The monoisotopic (exact) mass is 406 g/mol. The Hall–Kier alpha value is -3.67. The molecule has 9 heteroatoms. The molecule has 0 aliphatic carbocycles. The number of rotatable bonds is 4. The maximum absolute atomic E-state index is 12.5. The van der Waals surface area contributed by atoms with E-state index in [1.807, 2.05) is 0 Å². The van der Waals surface area contributed by atoms with Gasteiger partial charge in [0.15, 0.2) is 0 Å². The van der Waals surface area contributed by atoms with Gasteiger partial charge >= 0.3 is 6.01 Å². The number of aromatic nitrogens is 4. The zero-order valence-electron chi connectivity index (χ0n) is 17.1. The van der Waals surface area contributed by atoms with Crippen molar-refractivity contribution in [1.29, 1.82) is 5.26 Å². The molecular weight excluding hydrogens is 384 g/mol. The van der Waals surface area contributed by atoms with E-state index in [2.05, 4.69) is 32.8 Å². The van der Waals surface area contributed by atoms with Crippen LogP contribution in [0.5, 0.6) is 11.9 Å². The number of piperidine rings is 1. The highest BCUT2D eigenvalue weighted by Gasteiger charge is 2.30. The van der Waals surface area contributed by atoms with Gasteiger partial charge in [-0.05, 0) is 12.1 Å². The quantitative estimate of drug-likeness (QED) is 0.647. The Morgan fingerprint density at radius 1 is 1.27 bits per heavy atom. The van der Waals surface area contributed by atoms with Gasteiger partial charge in [-0.1, -0.05) is 6.92 Å². The summed E-state index contributed by atoms with van der Waals surface area (Å²) in [6, 6.07) is 9.02. The standard InChI is InChI=1S/C21H22N6O3/c1-13-12-27(9-7-17(13)30-21-23-8-6-18(25-21)29-3)16-10-19(28)26(2)15-5-4-14(11-22)24-20(15)16/h4-6,8,10,13,17H,7,9,12H2,1-3H3/t13-,17+/m1/s1. The van der Waals surface area contributed by atoms with Crippen LogP contribution in [-0.4, -0.2) is 45.8 Å². The molecular formula is C21H22N6O3. The summed E-state index contributed by atoms with van der Waals surface area (Å²) in [5.74, 6) is 0.614. The van der Waals surface area contributed by atoms with Crippen LogP contribution in [-0.2, 0) is 7.05 Å². The van der Waals surface area contributed by atoms with Crippen molar-refractivity contribution in [2.45, 2.75) is 19.4 Å². The van der Waals surface area contributed by atoms with Crippen LogP contribution in [0.15, 0.2) is 35.3 Å². The SMILES string of the molecule is COc1ccnc(O[C@H]2CCN(c3cc(=O)n(C)c4ccc(C#N)nc34)C[C@H]2C)n1. The summed E-state index contributed by atoms with van der Waals surface area (Å²) in [6.45, 7) is 3.45. The fourth-order valence-corrected chi connectivity index (χ4v) is 3.76. The van der Waals surface area contributed by atoms with E-state index in [0.717, 1.165) is 12.1 Å². The van der Waals surface area contributed by atoms with E-state index >= 15 is 0 Å². The summed E-state index contributed by atoms with van der Waals surface area (Å²) in [5, 5.41) is 9.24. The average Bonchev–Trinajstić information content (AvgIpc) is 2.77. The minimum atomic E-state index is -0.111. The van der Waals surface area contributed by atoms with Crippen LogP contribution in [0.25, 0.3) is 11.0 Å². The molecule has 154 valence electrons. The molecule has 3 aromatic heterocycles. The fourth-order valence-electron chi connectivity index (χ4n) is 3.76. The number of nitriles is 1. The maximum Gasteiger partial charge on any atom is 0.319 e. The van der Waals surface area contributed by atoms with Gasteiger partial charge in [0.1, 0.15) is 23.4 Å². The Labute approximate surface area is 173 Å². The predicted octanol–water partition coefficient (Wildman–Crippen LogP) is 1.90. The summed E-state index contributed by atoms with van der Waals surface area (Å²) >= 11 is 0. The van der Waals surface area contributed by atoms with Crippen LogP contribution >= 0.6 is 0 Å². The molecule has 0 unspecified atom stereocenters. The Bertz CT molecular complexity index is 1190. The number of aryl methyl sites for hydroxylation is 1. The van der Waals surface area contributed by atoms with Crippen molar-refractivity contribution >= 4 is 16.7 Å². The van der Waals surface area contributed by atoms with E-state index in [9.17, 15) is 10.1 Å². The van der Waals surface area contributed by atoms with Crippen molar-refractivity contribution < 1.29 is 9.47 Å². The van der Waals surface area contributed by atoms with Crippen molar-refractivity contribution in [3.8, 4) is 18.0 Å². The third-order valence-electron chi connectivity index (χ3n) is 5.42. The topological polar surface area (TPSA) is 106 Å². The Kier molecular flexibility index (Phi) is 5.23. The molecule has 0 N–H and O–H groups in total. The molecule has 30 heavy (non-hydrogen) atoms. The summed E-state index contributed by atoms with van der Waals surface area (Å²) in [7, 11) is 3.26. The zero-order chi connectivity index (χ0) is 21.3. The molecule has 0 spiro atoms. The molecule has 1 aliphatic rings. The zero-order valence-corrected chi connectivity index (χ0v) is 17.1. The van der Waals surface area contributed by atoms with Crippen molar-refractivity contribution in [2.75, 3.05) is 25.1 Å². The van der Waals surface area contributed by atoms with Crippen LogP contribution in [0.4, 0.5) is 5.69 Å². The number of nitrogens with zero attached hydrogens (tertiary/aromatic N) is 6. The molecule has 0 aromatic carbocycles. The van der Waals surface area contributed by atoms with Crippen LogP contribution in [0, 0.1) is 17.2 Å². The van der Waals surface area contributed by atoms with Crippen molar-refractivity contribution in [1.82, 2.24) is 19.5 Å². The molecule has 0 bridgehead atoms. The Balaban J connectivity index is 1.60. The predicted molar refractivity (Wildman–Crippen MR) is 111 cm³/mol. The highest BCUT2D eigenvalue weighted by molar-refractivity contribution is 5.88. The summed E-state index contributed by atoms with van der Waals surface area (Å²) < 4.78 is 12.7. The largest absolute Gasteiger partial charge is 0.481 e. The first kappa shape index (κ1) is 19.6. The number of hydrogen-bond acceptors (Lipinski definition) is 8. The molecule has 4 heterocycles. The van der Waals surface area contributed by atoms with Gasteiger partial charge in [-0.15, -0.1) is 0 Å². The lowest BCUT2D eigenvalue weighted by molar-refractivity contribution is 0.109. The molecule has 9 nitrogen and oxygen atoms in total. The smallest absolute Gasteiger partial charge is 0.319 e. The van der Waals surface area contributed by atoms with E-state index in [0.29, 0.717) is 41.7 Å². The second kappa shape index (κ2) is 7.99. The Morgan fingerprint density at radius 3 is 2.83 bits per heavy atom. The molecule has 1 saturated heterocycles. The van der Waals surface area contributed by atoms with E-state index in [-0.39, 0.29) is 17.6 Å². The van der Waals surface area contributed by atoms with Gasteiger partial charge in [-0.25, -0.2) is 9.97 Å². The molecule has 2 atom stereocenters. The van der Waals surface area contributed by atoms with Crippen LogP contribution < -0.4 is 19.9 Å². The normalized spacial score (nSPS) is 18.8. The van der Waals surface area contributed by atoms with Gasteiger partial charge in [0.05, 0.1) is 18.3 Å². The third-order valence-corrected chi connectivity index (χ3v) is 5.42. The average molecular weight is 406 g/mol. The number of fused-ring (bicyclic) bond motifs is 1. The summed E-state index contributed by atoms with van der Waals surface area (Å²) in [4.78, 5) is 27.5. The lowest BCUT2D eigenvalue weighted by atomic mass is 9.96. The van der Waals surface area contributed by atoms with Crippen LogP contribution in [0.2, 0.25) is 0 Å². The molecule has 1 aliphatic heterocycles. The summed E-state index contributed by atoms with van der Waals surface area (Å²) in [6.07, 6.45) is 2.27. The second-order valence-corrected chi connectivity index (χ2v) is 7.35. The maximum atomic E-state index is 12.5. The third kappa shape index (κ3) is 3.64. The molecule has 3 aromatic rings. The number of hydrogen-bond donors (Lipinski definition) is 0. The summed E-state index contributed by atoms with van der Waals surface area (Å²) in [5.41, 5.74) is 2.31. The molecule has 0 radical (unpaired) electrons. The van der Waals surface area contributed by atoms with E-state index in [4.69, 9.17) is 9.47 Å². The van der Waals surface area contributed by atoms with E-state index in [1.54, 1.807) is 49.2 Å². The number of methoxy groups -OCH3 is 1. The fraction of sp³-hybridized carbons (Fsp3) is 0.381. The van der Waals surface area contributed by atoms with Gasteiger partial charge in [0, 0.05) is 50.8 Å². The molecule has 1 fully saturated rings. The highest BCUT2D eigenvalue weighted by atomic mass is 16.5. The van der Waals surface area contributed by atoms with Gasteiger partial charge in [0.2, 0.25) is 5.88 Å². The lowest BCUT2D eigenvalue weighted by Gasteiger charge is -2.38. The minimum absolute atomic E-state index is 0.0613. The first-order valence-corrected chi connectivity index (χ1v) is 9.69. The Morgan fingerprint density at radius 2 is 2.10 bits per heavy atom. The van der Waals surface area contributed by atoms with Crippen LogP contribution in [0.1, 0.15) is 19.0 Å². The van der Waals surface area contributed by atoms with Crippen LogP contribution in [0.3, 0.4) is 0 Å². The number of anilines is 1. The number of pyridine rings is 2. The highest BCUT2D eigenvalue weighted by Crippen LogP contribution is 2.29. The van der Waals surface area contributed by atoms with Gasteiger partial charge in [-0.3, -0.25) is 4.79 Å².